The molecule has 3 rings (SSSR count). The number of anilines is 5. The molecule has 1 aromatic heterocycles. The molecule has 4 N–H and O–H groups in total. The standard InChI is InChI=1S/C17H17ClN6/c1-10-3-6-12(7-4-10)20-16-22-15(18)23-17(24-16)21-13-8-5-11(2)14(19)9-13/h3-9H,19H2,1-2H3,(H2,20,21,22,23,24). The van der Waals surface area contributed by atoms with E-state index >= 15 is 0 Å². The molecule has 0 saturated carbocycles. The SMILES string of the molecule is Cc1ccc(Nc2nc(Cl)nc(Nc3ccc(C)c(N)c3)n2)cc1. The predicted octanol–water partition coefficient (Wildman–Crippen LogP) is 4.21. The van der Waals surface area contributed by atoms with Crippen molar-refractivity contribution in [2.75, 3.05) is 16.4 Å². The Morgan fingerprint density at radius 3 is 2.04 bits per heavy atom. The summed E-state index contributed by atoms with van der Waals surface area (Å²) in [7, 11) is 0. The van der Waals surface area contributed by atoms with E-state index in [2.05, 4.69) is 25.6 Å². The van der Waals surface area contributed by atoms with Crippen LogP contribution in [0.3, 0.4) is 0 Å². The smallest absolute Gasteiger partial charge is 0.233 e. The third kappa shape index (κ3) is 3.91. The van der Waals surface area contributed by atoms with E-state index in [1.165, 1.54) is 5.56 Å². The van der Waals surface area contributed by atoms with Gasteiger partial charge in [-0.05, 0) is 55.3 Å². The molecular weight excluding hydrogens is 324 g/mol. The van der Waals surface area contributed by atoms with Crippen molar-refractivity contribution in [3.05, 3.63) is 58.9 Å². The molecule has 0 aliphatic carbocycles. The molecule has 1 heterocycles. The number of nitrogens with one attached hydrogen (secondary N) is 2. The van der Waals surface area contributed by atoms with Gasteiger partial charge >= 0.3 is 0 Å². The van der Waals surface area contributed by atoms with Gasteiger partial charge in [0.05, 0.1) is 0 Å². The normalized spacial score (nSPS) is 10.5. The van der Waals surface area contributed by atoms with Crippen molar-refractivity contribution in [2.45, 2.75) is 13.8 Å². The van der Waals surface area contributed by atoms with Gasteiger partial charge in [0.2, 0.25) is 17.2 Å². The lowest BCUT2D eigenvalue weighted by molar-refractivity contribution is 1.06. The highest BCUT2D eigenvalue weighted by atomic mass is 35.5. The summed E-state index contributed by atoms with van der Waals surface area (Å²) in [6.07, 6.45) is 0. The number of hydrogen-bond donors (Lipinski definition) is 3. The lowest BCUT2D eigenvalue weighted by Crippen LogP contribution is -2.04. The van der Waals surface area contributed by atoms with Gasteiger partial charge in [-0.1, -0.05) is 23.8 Å². The molecule has 7 heteroatoms. The number of halogens is 1. The van der Waals surface area contributed by atoms with E-state index in [0.29, 0.717) is 17.6 Å². The Labute approximate surface area is 145 Å². The fourth-order valence-electron chi connectivity index (χ4n) is 2.08. The Kier molecular flexibility index (Phi) is 4.48. The number of benzene rings is 2. The first kappa shape index (κ1) is 16.0. The highest BCUT2D eigenvalue weighted by molar-refractivity contribution is 6.28. The van der Waals surface area contributed by atoms with E-state index in [1.807, 2.05) is 56.3 Å². The fourth-order valence-corrected chi connectivity index (χ4v) is 2.24. The van der Waals surface area contributed by atoms with Gasteiger partial charge in [-0.15, -0.1) is 0 Å². The highest BCUT2D eigenvalue weighted by Gasteiger charge is 2.07. The molecule has 24 heavy (non-hydrogen) atoms. The van der Waals surface area contributed by atoms with E-state index in [0.717, 1.165) is 16.9 Å². The van der Waals surface area contributed by atoms with Crippen LogP contribution >= 0.6 is 11.6 Å². The van der Waals surface area contributed by atoms with E-state index < -0.39 is 0 Å². The van der Waals surface area contributed by atoms with E-state index in [9.17, 15) is 0 Å². The number of nitrogen functional groups attached to an aromatic ring is 1. The molecule has 0 aliphatic rings. The third-order valence-electron chi connectivity index (χ3n) is 3.45. The van der Waals surface area contributed by atoms with Crippen molar-refractivity contribution in [3.8, 4) is 0 Å². The fraction of sp³-hybridized carbons (Fsp3) is 0.118. The Morgan fingerprint density at radius 2 is 1.42 bits per heavy atom. The lowest BCUT2D eigenvalue weighted by atomic mass is 10.2. The van der Waals surface area contributed by atoms with Gasteiger partial charge in [-0.2, -0.15) is 15.0 Å². The average Bonchev–Trinajstić information content (AvgIpc) is 2.53. The summed E-state index contributed by atoms with van der Waals surface area (Å²) in [6, 6.07) is 13.5. The van der Waals surface area contributed by atoms with Gasteiger partial charge in [0.1, 0.15) is 0 Å². The molecule has 0 amide bonds. The zero-order valence-corrected chi connectivity index (χ0v) is 14.1. The van der Waals surface area contributed by atoms with Crippen molar-refractivity contribution in [1.82, 2.24) is 15.0 Å². The van der Waals surface area contributed by atoms with Gasteiger partial charge in [-0.25, -0.2) is 0 Å². The minimum Gasteiger partial charge on any atom is -0.398 e. The zero-order valence-electron chi connectivity index (χ0n) is 13.3. The summed E-state index contributed by atoms with van der Waals surface area (Å²) < 4.78 is 0. The van der Waals surface area contributed by atoms with Gasteiger partial charge in [0.25, 0.3) is 0 Å². The predicted molar refractivity (Wildman–Crippen MR) is 98.2 cm³/mol. The van der Waals surface area contributed by atoms with Gasteiger partial charge in [0.15, 0.2) is 0 Å². The first-order valence-corrected chi connectivity index (χ1v) is 7.76. The molecule has 0 saturated heterocycles. The van der Waals surface area contributed by atoms with Crippen LogP contribution in [-0.2, 0) is 0 Å². The maximum atomic E-state index is 6.00. The number of rotatable bonds is 4. The first-order chi connectivity index (χ1) is 11.5. The van der Waals surface area contributed by atoms with E-state index in [-0.39, 0.29) is 5.28 Å². The Hall–Kier alpha value is -2.86. The van der Waals surface area contributed by atoms with Crippen LogP contribution in [0.25, 0.3) is 0 Å². The summed E-state index contributed by atoms with van der Waals surface area (Å²) in [6.45, 7) is 3.97. The van der Waals surface area contributed by atoms with Crippen LogP contribution in [0.5, 0.6) is 0 Å². The molecule has 122 valence electrons. The van der Waals surface area contributed by atoms with Gasteiger partial charge in [-0.3, -0.25) is 0 Å². The molecule has 0 aliphatic heterocycles. The second kappa shape index (κ2) is 6.72. The highest BCUT2D eigenvalue weighted by Crippen LogP contribution is 2.21. The molecule has 6 nitrogen and oxygen atoms in total. The molecule has 0 bridgehead atoms. The molecular formula is C17H17ClN6. The van der Waals surface area contributed by atoms with Crippen LogP contribution in [0.4, 0.5) is 29.0 Å². The summed E-state index contributed by atoms with van der Waals surface area (Å²) in [5, 5.41) is 6.29. The van der Waals surface area contributed by atoms with Crippen molar-refractivity contribution in [2.24, 2.45) is 0 Å². The summed E-state index contributed by atoms with van der Waals surface area (Å²) >= 11 is 6.00. The second-order valence-electron chi connectivity index (χ2n) is 5.44. The Bertz CT molecular complexity index is 863. The summed E-state index contributed by atoms with van der Waals surface area (Å²) in [5.41, 5.74) is 10.4. The molecule has 0 radical (unpaired) electrons. The van der Waals surface area contributed by atoms with Crippen molar-refractivity contribution < 1.29 is 0 Å². The maximum Gasteiger partial charge on any atom is 0.233 e. The Balaban J connectivity index is 1.82. The first-order valence-electron chi connectivity index (χ1n) is 7.38. The van der Waals surface area contributed by atoms with E-state index in [1.54, 1.807) is 0 Å². The number of nitrogens with zero attached hydrogens (tertiary/aromatic N) is 3. The van der Waals surface area contributed by atoms with Crippen LogP contribution in [0.15, 0.2) is 42.5 Å². The maximum absolute atomic E-state index is 6.00. The molecule has 0 fully saturated rings. The van der Waals surface area contributed by atoms with Crippen LogP contribution in [0.2, 0.25) is 5.28 Å². The number of hydrogen-bond acceptors (Lipinski definition) is 6. The largest absolute Gasteiger partial charge is 0.398 e. The van der Waals surface area contributed by atoms with Crippen LogP contribution < -0.4 is 16.4 Å². The topological polar surface area (TPSA) is 88.8 Å². The lowest BCUT2D eigenvalue weighted by Gasteiger charge is -2.10. The van der Waals surface area contributed by atoms with Gasteiger partial charge in [0, 0.05) is 17.1 Å². The molecule has 2 aromatic carbocycles. The summed E-state index contributed by atoms with van der Waals surface area (Å²) in [5.74, 6) is 0.703. The minimum absolute atomic E-state index is 0.0993. The Morgan fingerprint density at radius 1 is 0.833 bits per heavy atom. The van der Waals surface area contributed by atoms with Crippen molar-refractivity contribution in [1.29, 1.82) is 0 Å². The molecule has 3 aromatic rings. The van der Waals surface area contributed by atoms with Crippen molar-refractivity contribution >= 4 is 40.6 Å². The van der Waals surface area contributed by atoms with Crippen LogP contribution in [0.1, 0.15) is 11.1 Å². The quantitative estimate of drug-likeness (QED) is 0.616. The molecule has 0 unspecified atom stereocenters. The number of nitrogens with two attached hydrogens (primary N) is 1. The molecule has 0 spiro atoms. The van der Waals surface area contributed by atoms with Crippen molar-refractivity contribution in [3.63, 3.8) is 0 Å². The van der Waals surface area contributed by atoms with Crippen LogP contribution in [-0.4, -0.2) is 15.0 Å². The van der Waals surface area contributed by atoms with E-state index in [4.69, 9.17) is 17.3 Å². The molecule has 0 atom stereocenters. The number of aryl methyl sites for hydroxylation is 2. The van der Waals surface area contributed by atoms with Gasteiger partial charge < -0.3 is 16.4 Å². The third-order valence-corrected chi connectivity index (χ3v) is 3.62. The zero-order chi connectivity index (χ0) is 17.1. The monoisotopic (exact) mass is 340 g/mol. The second-order valence-corrected chi connectivity index (χ2v) is 5.78. The van der Waals surface area contributed by atoms with Crippen LogP contribution in [0, 0.1) is 13.8 Å². The minimum atomic E-state index is 0.0993. The average molecular weight is 341 g/mol. The summed E-state index contributed by atoms with van der Waals surface area (Å²) in [4.78, 5) is 12.5. The number of aromatic nitrogens is 3.